The molecule has 0 bridgehead atoms. The molecular formula is C50H33NS. The molecule has 0 saturated carbocycles. The second kappa shape index (κ2) is 12.7. The number of benzene rings is 9. The molecule has 10 rings (SSSR count). The van der Waals surface area contributed by atoms with Gasteiger partial charge in [-0.15, -0.1) is 11.3 Å². The lowest BCUT2D eigenvalue weighted by molar-refractivity contribution is 1.28. The van der Waals surface area contributed by atoms with E-state index >= 15 is 0 Å². The Balaban J connectivity index is 1.12. The van der Waals surface area contributed by atoms with Gasteiger partial charge in [0, 0.05) is 37.1 Å². The van der Waals surface area contributed by atoms with Crippen molar-refractivity contribution in [3.8, 4) is 33.4 Å². The Morgan fingerprint density at radius 3 is 1.40 bits per heavy atom. The summed E-state index contributed by atoms with van der Waals surface area (Å²) in [5.74, 6) is 0. The summed E-state index contributed by atoms with van der Waals surface area (Å²) < 4.78 is 2.63. The van der Waals surface area contributed by atoms with E-state index in [4.69, 9.17) is 0 Å². The van der Waals surface area contributed by atoms with Crippen LogP contribution in [-0.4, -0.2) is 0 Å². The largest absolute Gasteiger partial charge is 0.310 e. The Hall–Kier alpha value is -6.48. The number of nitrogens with zero attached hydrogens (tertiary/aromatic N) is 1. The van der Waals surface area contributed by atoms with Crippen molar-refractivity contribution >= 4 is 70.1 Å². The first-order valence-electron chi connectivity index (χ1n) is 17.8. The van der Waals surface area contributed by atoms with E-state index in [1.165, 1.54) is 75.1 Å². The van der Waals surface area contributed by atoms with Crippen molar-refractivity contribution in [3.05, 3.63) is 200 Å². The molecule has 0 saturated heterocycles. The number of hydrogen-bond donors (Lipinski definition) is 0. The quantitative estimate of drug-likeness (QED) is 0.169. The molecule has 1 nitrogen and oxygen atoms in total. The summed E-state index contributed by atoms with van der Waals surface area (Å²) in [6.07, 6.45) is 0. The summed E-state index contributed by atoms with van der Waals surface area (Å²) in [5, 5.41) is 7.66. The molecule has 0 fully saturated rings. The van der Waals surface area contributed by atoms with Gasteiger partial charge in [0.1, 0.15) is 0 Å². The van der Waals surface area contributed by atoms with E-state index in [-0.39, 0.29) is 0 Å². The van der Waals surface area contributed by atoms with Crippen LogP contribution in [0.25, 0.3) is 75.1 Å². The van der Waals surface area contributed by atoms with Crippen molar-refractivity contribution in [1.29, 1.82) is 0 Å². The third kappa shape index (κ3) is 5.24. The maximum atomic E-state index is 2.41. The number of fused-ring (bicyclic) bond motifs is 5. The van der Waals surface area contributed by atoms with Crippen LogP contribution in [0.2, 0.25) is 0 Å². The van der Waals surface area contributed by atoms with Crippen LogP contribution in [0, 0.1) is 0 Å². The molecule has 52 heavy (non-hydrogen) atoms. The lowest BCUT2D eigenvalue weighted by atomic mass is 9.97. The second-order valence-electron chi connectivity index (χ2n) is 13.3. The van der Waals surface area contributed by atoms with Crippen LogP contribution < -0.4 is 4.90 Å². The van der Waals surface area contributed by atoms with Gasteiger partial charge in [0.25, 0.3) is 0 Å². The fourth-order valence-corrected chi connectivity index (χ4v) is 8.91. The van der Waals surface area contributed by atoms with Crippen molar-refractivity contribution in [2.24, 2.45) is 0 Å². The number of para-hydroxylation sites is 1. The van der Waals surface area contributed by atoms with E-state index in [0.717, 1.165) is 17.1 Å². The molecule has 0 amide bonds. The molecule has 0 radical (unpaired) electrons. The van der Waals surface area contributed by atoms with E-state index in [1.807, 2.05) is 11.3 Å². The Morgan fingerprint density at radius 1 is 0.308 bits per heavy atom. The smallest absolute Gasteiger partial charge is 0.0540 e. The van der Waals surface area contributed by atoms with Gasteiger partial charge in [-0.2, -0.15) is 0 Å². The van der Waals surface area contributed by atoms with E-state index in [0.29, 0.717) is 0 Å². The van der Waals surface area contributed by atoms with Crippen LogP contribution >= 0.6 is 11.3 Å². The second-order valence-corrected chi connectivity index (χ2v) is 14.4. The molecular weight excluding hydrogens is 647 g/mol. The highest BCUT2D eigenvalue weighted by Gasteiger charge is 2.19. The monoisotopic (exact) mass is 679 g/mol. The van der Waals surface area contributed by atoms with Crippen molar-refractivity contribution in [2.75, 3.05) is 4.90 Å². The average molecular weight is 680 g/mol. The van der Waals surface area contributed by atoms with Gasteiger partial charge in [-0.1, -0.05) is 158 Å². The molecule has 0 N–H and O–H groups in total. The van der Waals surface area contributed by atoms with Gasteiger partial charge in [0.05, 0.1) is 5.69 Å². The summed E-state index contributed by atoms with van der Waals surface area (Å²) in [5.41, 5.74) is 10.6. The van der Waals surface area contributed by atoms with Crippen molar-refractivity contribution in [1.82, 2.24) is 0 Å². The third-order valence-corrected chi connectivity index (χ3v) is 11.4. The molecule has 10 aromatic rings. The van der Waals surface area contributed by atoms with Crippen LogP contribution in [0.5, 0.6) is 0 Å². The minimum Gasteiger partial charge on any atom is -0.310 e. The Morgan fingerprint density at radius 2 is 0.769 bits per heavy atom. The number of anilines is 3. The maximum Gasteiger partial charge on any atom is 0.0540 e. The summed E-state index contributed by atoms with van der Waals surface area (Å²) in [4.78, 5) is 2.41. The zero-order valence-electron chi connectivity index (χ0n) is 28.4. The number of rotatable bonds is 6. The Bertz CT molecular complexity index is 2770. The summed E-state index contributed by atoms with van der Waals surface area (Å²) in [7, 11) is 0. The first kappa shape index (κ1) is 30.4. The Kier molecular flexibility index (Phi) is 7.41. The molecule has 0 spiro atoms. The van der Waals surface area contributed by atoms with Crippen LogP contribution in [-0.2, 0) is 0 Å². The average Bonchev–Trinajstić information content (AvgIpc) is 3.59. The molecule has 0 atom stereocenters. The molecule has 244 valence electrons. The molecule has 0 unspecified atom stereocenters. The molecule has 0 aliphatic heterocycles. The summed E-state index contributed by atoms with van der Waals surface area (Å²) >= 11 is 1.86. The first-order chi connectivity index (χ1) is 25.8. The lowest BCUT2D eigenvalue weighted by Gasteiger charge is -2.28. The fraction of sp³-hybridized carbons (Fsp3) is 0. The van der Waals surface area contributed by atoms with Crippen molar-refractivity contribution in [3.63, 3.8) is 0 Å². The molecule has 1 aromatic heterocycles. The first-order valence-corrected chi connectivity index (χ1v) is 18.6. The zero-order chi connectivity index (χ0) is 34.4. The predicted octanol–water partition coefficient (Wildman–Crippen LogP) is 14.8. The highest BCUT2D eigenvalue weighted by Crippen LogP contribution is 2.44. The molecule has 0 aliphatic rings. The highest BCUT2D eigenvalue weighted by molar-refractivity contribution is 7.25. The van der Waals surface area contributed by atoms with Gasteiger partial charge in [0.15, 0.2) is 0 Å². The van der Waals surface area contributed by atoms with E-state index < -0.39 is 0 Å². The SMILES string of the molecule is c1ccc(N(c2ccc(-c3cccc4ccccc34)cc2)c2ccc(-c3cccc4ccccc34)cc2)c(-c2ccc3c(c2)sc2ccccc23)c1. The molecule has 0 aliphatic carbocycles. The highest BCUT2D eigenvalue weighted by atomic mass is 32.1. The van der Waals surface area contributed by atoms with Gasteiger partial charge in [0.2, 0.25) is 0 Å². The number of thiophene rings is 1. The fourth-order valence-electron chi connectivity index (χ4n) is 7.77. The maximum absolute atomic E-state index is 2.41. The van der Waals surface area contributed by atoms with E-state index in [2.05, 4.69) is 205 Å². The minimum absolute atomic E-state index is 1.11. The van der Waals surface area contributed by atoms with Crippen LogP contribution in [0.3, 0.4) is 0 Å². The van der Waals surface area contributed by atoms with Gasteiger partial charge >= 0.3 is 0 Å². The standard InChI is InChI=1S/C50H33NS/c1-3-15-41-34(11-1)13-9-19-43(41)36-23-28-39(29-24-36)51(40-30-25-37(26-31-40)44-20-10-14-35-12-2-4-16-42(35)44)48-21-7-5-17-45(48)38-27-32-47-46-18-6-8-22-49(46)52-50(47)33-38/h1-33H. The summed E-state index contributed by atoms with van der Waals surface area (Å²) in [6.45, 7) is 0. The van der Waals surface area contributed by atoms with E-state index in [9.17, 15) is 0 Å². The Labute approximate surface area is 307 Å². The topological polar surface area (TPSA) is 3.24 Å². The van der Waals surface area contributed by atoms with Crippen molar-refractivity contribution < 1.29 is 0 Å². The van der Waals surface area contributed by atoms with E-state index in [1.54, 1.807) is 0 Å². The van der Waals surface area contributed by atoms with Crippen LogP contribution in [0.1, 0.15) is 0 Å². The lowest BCUT2D eigenvalue weighted by Crippen LogP contribution is -2.11. The zero-order valence-corrected chi connectivity index (χ0v) is 29.2. The van der Waals surface area contributed by atoms with Gasteiger partial charge in [-0.3, -0.25) is 0 Å². The normalized spacial score (nSPS) is 11.5. The molecule has 1 heterocycles. The third-order valence-electron chi connectivity index (χ3n) is 10.3. The molecule has 9 aromatic carbocycles. The summed E-state index contributed by atoms with van der Waals surface area (Å²) in [6, 6.07) is 73.0. The van der Waals surface area contributed by atoms with Gasteiger partial charge in [-0.05, 0) is 91.8 Å². The molecule has 2 heteroatoms. The van der Waals surface area contributed by atoms with Gasteiger partial charge < -0.3 is 4.90 Å². The van der Waals surface area contributed by atoms with Gasteiger partial charge in [-0.25, -0.2) is 0 Å². The van der Waals surface area contributed by atoms with Crippen molar-refractivity contribution in [2.45, 2.75) is 0 Å². The van der Waals surface area contributed by atoms with Crippen LogP contribution in [0.4, 0.5) is 17.1 Å². The number of hydrogen-bond acceptors (Lipinski definition) is 2. The minimum atomic E-state index is 1.11. The predicted molar refractivity (Wildman–Crippen MR) is 225 cm³/mol. The van der Waals surface area contributed by atoms with Crippen LogP contribution in [0.15, 0.2) is 200 Å².